The van der Waals surface area contributed by atoms with Crippen LogP contribution in [0.4, 0.5) is 0 Å². The van der Waals surface area contributed by atoms with Crippen LogP contribution in [0.1, 0.15) is 21.5 Å². The predicted octanol–water partition coefficient (Wildman–Crippen LogP) is 3.58. The molecule has 0 radical (unpaired) electrons. The monoisotopic (exact) mass is 365 g/mol. The maximum Gasteiger partial charge on any atom is 0.193 e. The van der Waals surface area contributed by atoms with Gasteiger partial charge in [0, 0.05) is 21.2 Å². The molecule has 0 N–H and O–H groups in total. The van der Waals surface area contributed by atoms with Crippen molar-refractivity contribution in [2.45, 2.75) is 6.54 Å². The van der Waals surface area contributed by atoms with Crippen molar-refractivity contribution in [1.29, 1.82) is 0 Å². The summed E-state index contributed by atoms with van der Waals surface area (Å²) in [6.07, 6.45) is 0. The molecule has 2 nitrogen and oxygen atoms in total. The molecule has 0 aromatic heterocycles. The maximum absolute atomic E-state index is 12.5. The smallest absolute Gasteiger partial charge is 0.193 e. The van der Waals surface area contributed by atoms with Crippen LogP contribution in [0.2, 0.25) is 0 Å². The molecule has 0 aliphatic carbocycles. The Kier molecular flexibility index (Phi) is 4.71. The zero-order chi connectivity index (χ0) is 13.8. The Morgan fingerprint density at radius 3 is 2.42 bits per heavy atom. The van der Waals surface area contributed by atoms with Crippen molar-refractivity contribution in [3.8, 4) is 0 Å². The average Bonchev–Trinajstić information content (AvgIpc) is 2.38. The van der Waals surface area contributed by atoms with Gasteiger partial charge < -0.3 is 4.90 Å². The van der Waals surface area contributed by atoms with Crippen molar-refractivity contribution < 1.29 is 4.79 Å². The maximum atomic E-state index is 12.5. The summed E-state index contributed by atoms with van der Waals surface area (Å²) in [6.45, 7) is 0.769. The third-order valence-electron chi connectivity index (χ3n) is 2.83. The second-order valence-electron chi connectivity index (χ2n) is 4.73. The lowest BCUT2D eigenvalue weighted by atomic mass is 9.98. The fourth-order valence-corrected chi connectivity index (χ4v) is 2.56. The van der Waals surface area contributed by atoms with E-state index in [4.69, 9.17) is 0 Å². The number of carbonyl (C=O) groups excluding carboxylic acids is 1. The third-order valence-corrected chi connectivity index (χ3v) is 3.51. The summed E-state index contributed by atoms with van der Waals surface area (Å²) in [5, 5.41) is 0. The lowest BCUT2D eigenvalue weighted by Gasteiger charge is -2.14. The molecule has 0 atom stereocenters. The minimum absolute atomic E-state index is 0.0915. The van der Waals surface area contributed by atoms with E-state index in [1.54, 1.807) is 0 Å². The Labute approximate surface area is 127 Å². The molecule has 19 heavy (non-hydrogen) atoms. The highest BCUT2D eigenvalue weighted by atomic mass is 127. The standard InChI is InChI=1S/C16H16INO/c1-18(2)11-13-10-14(17)8-9-15(13)16(19)12-6-4-3-5-7-12/h3-10H,11H2,1-2H3. The lowest BCUT2D eigenvalue weighted by Crippen LogP contribution is -2.15. The zero-order valence-electron chi connectivity index (χ0n) is 11.1. The Balaban J connectivity index is 2.41. The molecule has 98 valence electrons. The quantitative estimate of drug-likeness (QED) is 0.610. The molecular formula is C16H16INO. The van der Waals surface area contributed by atoms with Gasteiger partial charge in [0.05, 0.1) is 0 Å². The number of halogens is 1. The first kappa shape index (κ1) is 14.2. The summed E-state index contributed by atoms with van der Waals surface area (Å²) in [5.74, 6) is 0.0915. The van der Waals surface area contributed by atoms with Crippen molar-refractivity contribution in [2.24, 2.45) is 0 Å². The van der Waals surface area contributed by atoms with Gasteiger partial charge in [0.25, 0.3) is 0 Å². The van der Waals surface area contributed by atoms with Gasteiger partial charge in [-0.3, -0.25) is 4.79 Å². The fourth-order valence-electron chi connectivity index (χ4n) is 2.00. The molecule has 2 aromatic carbocycles. The van der Waals surface area contributed by atoms with Crippen LogP contribution in [-0.4, -0.2) is 24.8 Å². The van der Waals surface area contributed by atoms with Gasteiger partial charge in [0.1, 0.15) is 0 Å². The van der Waals surface area contributed by atoms with Crippen LogP contribution in [0.5, 0.6) is 0 Å². The van der Waals surface area contributed by atoms with Crippen LogP contribution in [0, 0.1) is 3.57 Å². The summed E-state index contributed by atoms with van der Waals surface area (Å²) in [4.78, 5) is 14.6. The van der Waals surface area contributed by atoms with E-state index >= 15 is 0 Å². The van der Waals surface area contributed by atoms with E-state index in [1.165, 1.54) is 0 Å². The van der Waals surface area contributed by atoms with E-state index in [0.29, 0.717) is 0 Å². The van der Waals surface area contributed by atoms with Crippen molar-refractivity contribution in [2.75, 3.05) is 14.1 Å². The minimum atomic E-state index is 0.0915. The summed E-state index contributed by atoms with van der Waals surface area (Å²) in [7, 11) is 4.02. The Bertz CT molecular complexity index is 579. The van der Waals surface area contributed by atoms with Gasteiger partial charge >= 0.3 is 0 Å². The van der Waals surface area contributed by atoms with Crippen molar-refractivity contribution in [3.05, 3.63) is 68.8 Å². The van der Waals surface area contributed by atoms with Crippen LogP contribution >= 0.6 is 22.6 Å². The third kappa shape index (κ3) is 3.64. The highest BCUT2D eigenvalue weighted by Gasteiger charge is 2.14. The van der Waals surface area contributed by atoms with Gasteiger partial charge in [-0.05, 0) is 60.4 Å². The first-order chi connectivity index (χ1) is 9.08. The minimum Gasteiger partial charge on any atom is -0.305 e. The van der Waals surface area contributed by atoms with Gasteiger partial charge in [-0.15, -0.1) is 0 Å². The molecule has 0 aliphatic rings. The summed E-state index contributed by atoms with van der Waals surface area (Å²) >= 11 is 2.28. The normalized spacial score (nSPS) is 10.7. The highest BCUT2D eigenvalue weighted by Crippen LogP contribution is 2.19. The lowest BCUT2D eigenvalue weighted by molar-refractivity contribution is 0.103. The average molecular weight is 365 g/mol. The number of benzene rings is 2. The number of rotatable bonds is 4. The summed E-state index contributed by atoms with van der Waals surface area (Å²) in [6, 6.07) is 15.4. The summed E-state index contributed by atoms with van der Waals surface area (Å²) in [5.41, 5.74) is 2.61. The van der Waals surface area contributed by atoms with E-state index in [2.05, 4.69) is 33.6 Å². The molecule has 0 saturated heterocycles. The molecular weight excluding hydrogens is 349 g/mol. The van der Waals surface area contributed by atoms with E-state index < -0.39 is 0 Å². The SMILES string of the molecule is CN(C)Cc1cc(I)ccc1C(=O)c1ccccc1. The zero-order valence-corrected chi connectivity index (χ0v) is 13.2. The highest BCUT2D eigenvalue weighted by molar-refractivity contribution is 14.1. The Morgan fingerprint density at radius 2 is 1.79 bits per heavy atom. The van der Waals surface area contributed by atoms with Gasteiger partial charge in [-0.25, -0.2) is 0 Å². The van der Waals surface area contributed by atoms with Crippen LogP contribution in [0.25, 0.3) is 0 Å². The van der Waals surface area contributed by atoms with Crippen molar-refractivity contribution in [3.63, 3.8) is 0 Å². The van der Waals surface area contributed by atoms with Gasteiger partial charge in [-0.2, -0.15) is 0 Å². The molecule has 0 heterocycles. The molecule has 0 saturated carbocycles. The summed E-state index contributed by atoms with van der Waals surface area (Å²) < 4.78 is 1.15. The topological polar surface area (TPSA) is 20.3 Å². The fraction of sp³-hybridized carbons (Fsp3) is 0.188. The number of carbonyl (C=O) groups is 1. The molecule has 0 aliphatic heterocycles. The Morgan fingerprint density at radius 1 is 1.11 bits per heavy atom. The molecule has 0 spiro atoms. The van der Waals surface area contributed by atoms with Crippen LogP contribution in [-0.2, 0) is 6.54 Å². The number of hydrogen-bond donors (Lipinski definition) is 0. The molecule has 3 heteroatoms. The Hall–Kier alpha value is -1.20. The van der Waals surface area contributed by atoms with Crippen LogP contribution < -0.4 is 0 Å². The van der Waals surface area contributed by atoms with E-state index in [9.17, 15) is 4.79 Å². The molecule has 2 aromatic rings. The van der Waals surface area contributed by atoms with Gasteiger partial charge in [0.15, 0.2) is 5.78 Å². The first-order valence-electron chi connectivity index (χ1n) is 6.11. The van der Waals surface area contributed by atoms with Gasteiger partial charge in [0.2, 0.25) is 0 Å². The first-order valence-corrected chi connectivity index (χ1v) is 7.18. The van der Waals surface area contributed by atoms with Crippen LogP contribution in [0.3, 0.4) is 0 Å². The van der Waals surface area contributed by atoms with E-state index in [1.807, 2.05) is 56.6 Å². The predicted molar refractivity (Wildman–Crippen MR) is 86.4 cm³/mol. The van der Waals surface area contributed by atoms with Crippen LogP contribution in [0.15, 0.2) is 48.5 Å². The molecule has 0 unspecified atom stereocenters. The molecule has 0 amide bonds. The second kappa shape index (κ2) is 6.30. The van der Waals surface area contributed by atoms with E-state index in [0.717, 1.165) is 26.8 Å². The molecule has 0 bridgehead atoms. The second-order valence-corrected chi connectivity index (χ2v) is 5.98. The number of ketones is 1. The van der Waals surface area contributed by atoms with Gasteiger partial charge in [-0.1, -0.05) is 30.3 Å². The molecule has 2 rings (SSSR count). The van der Waals surface area contributed by atoms with E-state index in [-0.39, 0.29) is 5.78 Å². The number of nitrogens with zero attached hydrogens (tertiary/aromatic N) is 1. The van der Waals surface area contributed by atoms with Crippen molar-refractivity contribution in [1.82, 2.24) is 4.90 Å². The van der Waals surface area contributed by atoms with Crippen molar-refractivity contribution >= 4 is 28.4 Å². The molecule has 0 fully saturated rings. The largest absolute Gasteiger partial charge is 0.305 e. The number of hydrogen-bond acceptors (Lipinski definition) is 2.